The zero-order valence-electron chi connectivity index (χ0n) is 14.6. The molecule has 0 aromatic heterocycles. The Labute approximate surface area is 138 Å². The lowest BCUT2D eigenvalue weighted by Gasteiger charge is -2.19. The van der Waals surface area contributed by atoms with Crippen molar-refractivity contribution in [2.75, 3.05) is 0 Å². The first kappa shape index (κ1) is 19.0. The van der Waals surface area contributed by atoms with E-state index in [1.54, 1.807) is 0 Å². The Morgan fingerprint density at radius 3 is 2.57 bits per heavy atom. The molecule has 0 radical (unpaired) electrons. The molecule has 0 saturated carbocycles. The van der Waals surface area contributed by atoms with Crippen LogP contribution in [0.5, 0.6) is 5.75 Å². The molecule has 2 N–H and O–H groups in total. The molecule has 128 valence electrons. The zero-order valence-corrected chi connectivity index (χ0v) is 14.6. The molecule has 0 aliphatic carbocycles. The summed E-state index contributed by atoms with van der Waals surface area (Å²) < 4.78 is 5.90. The molecule has 1 aromatic rings. The molecule has 0 aliphatic rings. The van der Waals surface area contributed by atoms with Crippen molar-refractivity contribution in [3.8, 4) is 5.75 Å². The zero-order chi connectivity index (χ0) is 17.6. The van der Waals surface area contributed by atoms with Gasteiger partial charge in [-0.3, -0.25) is 9.59 Å². The number of amides is 1. The van der Waals surface area contributed by atoms with Crippen LogP contribution < -0.4 is 10.1 Å². The van der Waals surface area contributed by atoms with E-state index in [2.05, 4.69) is 12.2 Å². The topological polar surface area (TPSA) is 75.6 Å². The quantitative estimate of drug-likeness (QED) is 0.770. The number of hydrogen-bond acceptors (Lipinski definition) is 3. The van der Waals surface area contributed by atoms with E-state index in [-0.39, 0.29) is 18.4 Å². The maximum absolute atomic E-state index is 12.0. The molecule has 1 aromatic carbocycles. The van der Waals surface area contributed by atoms with Crippen LogP contribution in [0.2, 0.25) is 0 Å². The molecule has 0 bridgehead atoms. The number of rotatable bonds is 8. The number of carboxylic acid groups (broad SMARTS) is 1. The minimum absolute atomic E-state index is 0.0598. The number of carboxylic acids is 1. The third-order valence-electron chi connectivity index (χ3n) is 3.78. The van der Waals surface area contributed by atoms with Gasteiger partial charge in [-0.2, -0.15) is 0 Å². The molecule has 0 spiro atoms. The fourth-order valence-corrected chi connectivity index (χ4v) is 1.95. The van der Waals surface area contributed by atoms with E-state index in [9.17, 15) is 9.59 Å². The van der Waals surface area contributed by atoms with Crippen LogP contribution in [0.4, 0.5) is 0 Å². The van der Waals surface area contributed by atoms with Gasteiger partial charge in [0, 0.05) is 18.5 Å². The Hall–Kier alpha value is -2.04. The van der Waals surface area contributed by atoms with E-state index in [0.29, 0.717) is 6.54 Å². The van der Waals surface area contributed by atoms with Gasteiger partial charge < -0.3 is 15.2 Å². The number of benzene rings is 1. The van der Waals surface area contributed by atoms with Gasteiger partial charge in [-0.1, -0.05) is 19.1 Å². The summed E-state index contributed by atoms with van der Waals surface area (Å²) in [6, 6.07) is 5.84. The lowest BCUT2D eigenvalue weighted by atomic mass is 9.89. The maximum atomic E-state index is 12.0. The van der Waals surface area contributed by atoms with Crippen LogP contribution in [0.3, 0.4) is 0 Å². The van der Waals surface area contributed by atoms with E-state index in [1.165, 1.54) is 13.8 Å². The van der Waals surface area contributed by atoms with E-state index in [0.717, 1.165) is 23.3 Å². The first-order chi connectivity index (χ1) is 10.7. The number of aryl methyl sites for hydroxylation is 1. The van der Waals surface area contributed by atoms with Crippen LogP contribution >= 0.6 is 0 Å². The Morgan fingerprint density at radius 2 is 2.00 bits per heavy atom. The Morgan fingerprint density at radius 1 is 1.35 bits per heavy atom. The first-order valence-electron chi connectivity index (χ1n) is 7.92. The summed E-state index contributed by atoms with van der Waals surface area (Å²) in [4.78, 5) is 23.1. The van der Waals surface area contributed by atoms with Gasteiger partial charge in [0.2, 0.25) is 5.91 Å². The lowest BCUT2D eigenvalue weighted by Crippen LogP contribution is -2.33. The Balaban J connectivity index is 2.74. The molecular formula is C18H27NO4. The van der Waals surface area contributed by atoms with Crippen molar-refractivity contribution in [3.63, 3.8) is 0 Å². The summed E-state index contributed by atoms with van der Waals surface area (Å²) >= 11 is 0. The normalized spacial score (nSPS) is 12.6. The highest BCUT2D eigenvalue weighted by molar-refractivity contribution is 5.84. The minimum Gasteiger partial charge on any atom is -0.490 e. The molecule has 0 aliphatic heterocycles. The van der Waals surface area contributed by atoms with Crippen LogP contribution in [0, 0.1) is 12.3 Å². The molecular weight excluding hydrogens is 294 g/mol. The Bertz CT molecular complexity index is 566. The van der Waals surface area contributed by atoms with Gasteiger partial charge in [0.15, 0.2) is 0 Å². The monoisotopic (exact) mass is 321 g/mol. The van der Waals surface area contributed by atoms with Crippen molar-refractivity contribution < 1.29 is 19.4 Å². The number of ether oxygens (including phenoxy) is 1. The molecule has 0 saturated heterocycles. The SMILES string of the molecule is CCC(C)Oc1cc(C)ccc1CNC(=O)CC(C)(C)C(=O)O. The summed E-state index contributed by atoms with van der Waals surface area (Å²) in [6.45, 7) is 9.44. The van der Waals surface area contributed by atoms with E-state index in [1.807, 2.05) is 32.0 Å². The summed E-state index contributed by atoms with van der Waals surface area (Å²) in [7, 11) is 0. The molecule has 1 unspecified atom stereocenters. The molecule has 23 heavy (non-hydrogen) atoms. The molecule has 0 heterocycles. The summed E-state index contributed by atoms with van der Waals surface area (Å²) in [5.74, 6) is -0.506. The summed E-state index contributed by atoms with van der Waals surface area (Å²) in [5.41, 5.74) is 0.899. The fourth-order valence-electron chi connectivity index (χ4n) is 1.95. The van der Waals surface area contributed by atoms with Gasteiger partial charge in [0.1, 0.15) is 5.75 Å². The highest BCUT2D eigenvalue weighted by Gasteiger charge is 2.30. The van der Waals surface area contributed by atoms with Crippen LogP contribution in [-0.2, 0) is 16.1 Å². The summed E-state index contributed by atoms with van der Waals surface area (Å²) in [6.07, 6.45) is 0.930. The fraction of sp³-hybridized carbons (Fsp3) is 0.556. The standard InChI is InChI=1S/C18H27NO4/c1-6-13(3)23-15-9-12(2)7-8-14(15)11-19-16(20)10-18(4,5)17(21)22/h7-9,13H,6,10-11H2,1-5H3,(H,19,20)(H,21,22). The van der Waals surface area contributed by atoms with Gasteiger partial charge in [-0.05, 0) is 45.7 Å². The number of carbonyl (C=O) groups excluding carboxylic acids is 1. The van der Waals surface area contributed by atoms with Crippen LogP contribution in [0.15, 0.2) is 18.2 Å². The number of carbonyl (C=O) groups is 2. The molecule has 5 nitrogen and oxygen atoms in total. The predicted octanol–water partition coefficient (Wildman–Crippen LogP) is 3.29. The van der Waals surface area contributed by atoms with Crippen molar-refractivity contribution in [1.82, 2.24) is 5.32 Å². The number of aliphatic carboxylic acids is 1. The van der Waals surface area contributed by atoms with Crippen molar-refractivity contribution in [2.24, 2.45) is 5.41 Å². The number of hydrogen-bond donors (Lipinski definition) is 2. The second kappa shape index (κ2) is 7.99. The van der Waals surface area contributed by atoms with E-state index >= 15 is 0 Å². The van der Waals surface area contributed by atoms with Gasteiger partial charge >= 0.3 is 5.97 Å². The van der Waals surface area contributed by atoms with Crippen LogP contribution in [-0.4, -0.2) is 23.1 Å². The first-order valence-corrected chi connectivity index (χ1v) is 7.92. The largest absolute Gasteiger partial charge is 0.490 e. The van der Waals surface area contributed by atoms with Gasteiger partial charge in [0.05, 0.1) is 11.5 Å². The average molecular weight is 321 g/mol. The molecule has 0 fully saturated rings. The Kier molecular flexibility index (Phi) is 6.61. The minimum atomic E-state index is -1.08. The lowest BCUT2D eigenvalue weighted by molar-refractivity contribution is -0.149. The number of nitrogens with one attached hydrogen (secondary N) is 1. The predicted molar refractivity (Wildman–Crippen MR) is 89.4 cm³/mol. The van der Waals surface area contributed by atoms with E-state index < -0.39 is 11.4 Å². The van der Waals surface area contributed by atoms with Crippen molar-refractivity contribution in [2.45, 2.75) is 60.1 Å². The molecule has 1 rings (SSSR count). The third-order valence-corrected chi connectivity index (χ3v) is 3.78. The highest BCUT2D eigenvalue weighted by Crippen LogP contribution is 2.23. The van der Waals surface area contributed by atoms with E-state index in [4.69, 9.17) is 9.84 Å². The molecule has 5 heteroatoms. The molecule has 1 atom stereocenters. The van der Waals surface area contributed by atoms with Crippen LogP contribution in [0.25, 0.3) is 0 Å². The maximum Gasteiger partial charge on any atom is 0.309 e. The third kappa shape index (κ3) is 5.93. The molecule has 1 amide bonds. The second-order valence-corrected chi connectivity index (χ2v) is 6.59. The van der Waals surface area contributed by atoms with Crippen molar-refractivity contribution in [1.29, 1.82) is 0 Å². The van der Waals surface area contributed by atoms with Crippen molar-refractivity contribution in [3.05, 3.63) is 29.3 Å². The second-order valence-electron chi connectivity index (χ2n) is 6.59. The van der Waals surface area contributed by atoms with Gasteiger partial charge in [-0.15, -0.1) is 0 Å². The van der Waals surface area contributed by atoms with Gasteiger partial charge in [-0.25, -0.2) is 0 Å². The van der Waals surface area contributed by atoms with Gasteiger partial charge in [0.25, 0.3) is 0 Å². The summed E-state index contributed by atoms with van der Waals surface area (Å²) in [5, 5.41) is 11.9. The average Bonchev–Trinajstić information content (AvgIpc) is 2.45. The van der Waals surface area contributed by atoms with Crippen LogP contribution in [0.1, 0.15) is 51.7 Å². The van der Waals surface area contributed by atoms with Crippen molar-refractivity contribution >= 4 is 11.9 Å². The highest BCUT2D eigenvalue weighted by atomic mass is 16.5. The smallest absolute Gasteiger partial charge is 0.309 e.